The van der Waals surface area contributed by atoms with Gasteiger partial charge in [0.1, 0.15) is 5.69 Å². The number of anilines is 1. The van der Waals surface area contributed by atoms with Crippen molar-refractivity contribution in [2.75, 3.05) is 17.7 Å². The first-order chi connectivity index (χ1) is 8.43. The minimum atomic E-state index is -4.40. The summed E-state index contributed by atoms with van der Waals surface area (Å²) in [6.45, 7) is 2.67. The fourth-order valence-electron chi connectivity index (χ4n) is 1.46. The number of halogens is 4. The molecule has 6 heteroatoms. The number of alkyl halides is 4. The minimum Gasteiger partial charge on any atom is -0.385 e. The van der Waals surface area contributed by atoms with Gasteiger partial charge in [-0.3, -0.25) is 4.98 Å². The maximum Gasteiger partial charge on any atom is 0.433 e. The molecule has 1 atom stereocenters. The van der Waals surface area contributed by atoms with E-state index in [2.05, 4.69) is 10.3 Å². The van der Waals surface area contributed by atoms with Crippen molar-refractivity contribution in [2.45, 2.75) is 25.9 Å². The average molecular weight is 281 g/mol. The zero-order valence-corrected chi connectivity index (χ0v) is 10.9. The summed E-state index contributed by atoms with van der Waals surface area (Å²) >= 11 is 5.67. The van der Waals surface area contributed by atoms with Gasteiger partial charge in [-0.1, -0.05) is 6.92 Å². The van der Waals surface area contributed by atoms with Crippen LogP contribution in [0.25, 0.3) is 0 Å². The fourth-order valence-corrected chi connectivity index (χ4v) is 1.61. The smallest absolute Gasteiger partial charge is 0.385 e. The van der Waals surface area contributed by atoms with E-state index in [1.54, 1.807) is 0 Å². The van der Waals surface area contributed by atoms with Gasteiger partial charge in [0.25, 0.3) is 0 Å². The molecule has 1 unspecified atom stereocenters. The summed E-state index contributed by atoms with van der Waals surface area (Å²) < 4.78 is 37.2. The molecule has 0 bridgehead atoms. The average Bonchev–Trinajstić information content (AvgIpc) is 2.33. The molecular weight excluding hydrogens is 265 g/mol. The van der Waals surface area contributed by atoms with Crippen LogP contribution in [-0.2, 0) is 6.18 Å². The van der Waals surface area contributed by atoms with Gasteiger partial charge in [-0.2, -0.15) is 13.2 Å². The predicted octanol–water partition coefficient (Wildman–Crippen LogP) is 4.17. The third-order valence-corrected chi connectivity index (χ3v) is 3.04. The lowest BCUT2D eigenvalue weighted by atomic mass is 10.1. The van der Waals surface area contributed by atoms with Crippen LogP contribution in [0.1, 0.15) is 25.5 Å². The predicted molar refractivity (Wildman–Crippen MR) is 66.8 cm³/mol. The molecule has 1 N–H and O–H groups in total. The second-order valence-corrected chi connectivity index (χ2v) is 4.56. The molecule has 18 heavy (non-hydrogen) atoms. The normalized spacial score (nSPS) is 13.4. The molecule has 0 aliphatic heterocycles. The Kier molecular flexibility index (Phi) is 5.72. The molecule has 0 aliphatic rings. The van der Waals surface area contributed by atoms with Gasteiger partial charge in [0, 0.05) is 24.3 Å². The number of aromatic nitrogens is 1. The van der Waals surface area contributed by atoms with Gasteiger partial charge >= 0.3 is 6.18 Å². The summed E-state index contributed by atoms with van der Waals surface area (Å²) in [4.78, 5) is 3.30. The molecule has 102 valence electrons. The van der Waals surface area contributed by atoms with Crippen LogP contribution in [0, 0.1) is 5.92 Å². The highest BCUT2D eigenvalue weighted by atomic mass is 35.5. The molecule has 0 fully saturated rings. The van der Waals surface area contributed by atoms with Crippen molar-refractivity contribution in [1.82, 2.24) is 4.98 Å². The molecule has 0 spiro atoms. The molecule has 0 saturated carbocycles. The Bertz CT molecular complexity index is 369. The van der Waals surface area contributed by atoms with Gasteiger partial charge in [0.2, 0.25) is 0 Å². The number of nitrogens with one attached hydrogen (secondary N) is 1. The van der Waals surface area contributed by atoms with Crippen molar-refractivity contribution in [3.8, 4) is 0 Å². The second kappa shape index (κ2) is 6.83. The van der Waals surface area contributed by atoms with E-state index in [1.165, 1.54) is 6.07 Å². The van der Waals surface area contributed by atoms with Crippen LogP contribution in [0.15, 0.2) is 18.3 Å². The summed E-state index contributed by atoms with van der Waals surface area (Å²) in [5, 5.41) is 2.95. The number of hydrogen-bond donors (Lipinski definition) is 1. The van der Waals surface area contributed by atoms with Crippen LogP contribution < -0.4 is 5.32 Å². The Balaban J connectivity index is 2.43. The SMILES string of the molecule is CC(CCl)CCCNc1ccnc(C(F)(F)F)c1. The highest BCUT2D eigenvalue weighted by Crippen LogP contribution is 2.28. The zero-order chi connectivity index (χ0) is 13.6. The van der Waals surface area contributed by atoms with Crippen molar-refractivity contribution in [2.24, 2.45) is 5.92 Å². The summed E-state index contributed by atoms with van der Waals surface area (Å²) in [6.07, 6.45) is -1.41. The Morgan fingerprint density at radius 1 is 1.44 bits per heavy atom. The van der Waals surface area contributed by atoms with E-state index < -0.39 is 11.9 Å². The molecule has 1 aromatic rings. The molecule has 1 rings (SSSR count). The third-order valence-electron chi connectivity index (χ3n) is 2.52. The summed E-state index contributed by atoms with van der Waals surface area (Å²) in [6, 6.07) is 2.55. The van der Waals surface area contributed by atoms with Crippen molar-refractivity contribution in [3.63, 3.8) is 0 Å². The van der Waals surface area contributed by atoms with E-state index >= 15 is 0 Å². The summed E-state index contributed by atoms with van der Waals surface area (Å²) in [7, 11) is 0. The lowest BCUT2D eigenvalue weighted by Gasteiger charge is -2.11. The molecule has 0 aliphatic carbocycles. The van der Waals surface area contributed by atoms with E-state index in [0.717, 1.165) is 25.1 Å². The van der Waals surface area contributed by atoms with Crippen molar-refractivity contribution >= 4 is 17.3 Å². The molecular formula is C12H16ClF3N2. The number of nitrogens with zero attached hydrogens (tertiary/aromatic N) is 1. The maximum atomic E-state index is 12.4. The first-order valence-electron chi connectivity index (χ1n) is 5.76. The lowest BCUT2D eigenvalue weighted by molar-refractivity contribution is -0.141. The minimum absolute atomic E-state index is 0.427. The topological polar surface area (TPSA) is 24.9 Å². The Hall–Kier alpha value is -0.970. The Morgan fingerprint density at radius 2 is 2.17 bits per heavy atom. The van der Waals surface area contributed by atoms with Crippen LogP contribution >= 0.6 is 11.6 Å². The van der Waals surface area contributed by atoms with Crippen LogP contribution in [0.2, 0.25) is 0 Å². The highest BCUT2D eigenvalue weighted by Gasteiger charge is 2.32. The molecule has 0 saturated heterocycles. The van der Waals surface area contributed by atoms with Crippen LogP contribution in [0.4, 0.5) is 18.9 Å². The van der Waals surface area contributed by atoms with E-state index in [-0.39, 0.29) is 0 Å². The van der Waals surface area contributed by atoms with Gasteiger partial charge < -0.3 is 5.32 Å². The Labute approximate surface area is 110 Å². The highest BCUT2D eigenvalue weighted by molar-refractivity contribution is 6.18. The van der Waals surface area contributed by atoms with Gasteiger partial charge in [-0.25, -0.2) is 0 Å². The maximum absolute atomic E-state index is 12.4. The summed E-state index contributed by atoms with van der Waals surface area (Å²) in [5.74, 6) is 1.03. The van der Waals surface area contributed by atoms with Crippen LogP contribution in [0.3, 0.4) is 0 Å². The van der Waals surface area contributed by atoms with E-state index in [0.29, 0.717) is 24.0 Å². The van der Waals surface area contributed by atoms with E-state index in [1.807, 2.05) is 6.92 Å². The van der Waals surface area contributed by atoms with Crippen LogP contribution in [0.5, 0.6) is 0 Å². The first kappa shape index (κ1) is 15.1. The van der Waals surface area contributed by atoms with Crippen molar-refractivity contribution in [3.05, 3.63) is 24.0 Å². The lowest BCUT2D eigenvalue weighted by Crippen LogP contribution is -2.10. The molecule has 2 nitrogen and oxygen atoms in total. The molecule has 1 heterocycles. The number of rotatable bonds is 6. The Morgan fingerprint density at radius 3 is 2.78 bits per heavy atom. The van der Waals surface area contributed by atoms with Gasteiger partial charge in [0.05, 0.1) is 0 Å². The van der Waals surface area contributed by atoms with Gasteiger partial charge in [0.15, 0.2) is 0 Å². The molecule has 0 amide bonds. The van der Waals surface area contributed by atoms with Crippen molar-refractivity contribution in [1.29, 1.82) is 0 Å². The summed E-state index contributed by atoms with van der Waals surface area (Å²) in [5.41, 5.74) is -0.433. The number of pyridine rings is 1. The van der Waals surface area contributed by atoms with Gasteiger partial charge in [-0.05, 0) is 30.9 Å². The molecule has 0 aromatic carbocycles. The van der Waals surface area contributed by atoms with Gasteiger partial charge in [-0.15, -0.1) is 11.6 Å². The largest absolute Gasteiger partial charge is 0.433 e. The standard InChI is InChI=1S/C12H16ClF3N2/c1-9(8-13)3-2-5-17-10-4-6-18-11(7-10)12(14,15)16/h4,6-7,9H,2-3,5,8H2,1H3,(H,17,18). The van der Waals surface area contributed by atoms with Crippen LogP contribution in [-0.4, -0.2) is 17.4 Å². The monoisotopic (exact) mass is 280 g/mol. The number of hydrogen-bond acceptors (Lipinski definition) is 2. The fraction of sp³-hybridized carbons (Fsp3) is 0.583. The van der Waals surface area contributed by atoms with E-state index in [9.17, 15) is 13.2 Å². The third kappa shape index (κ3) is 5.12. The van der Waals surface area contributed by atoms with E-state index in [4.69, 9.17) is 11.6 Å². The molecule has 1 aromatic heterocycles. The molecule has 0 radical (unpaired) electrons. The quantitative estimate of drug-likeness (QED) is 0.625. The zero-order valence-electron chi connectivity index (χ0n) is 10.1. The van der Waals surface area contributed by atoms with Crippen molar-refractivity contribution < 1.29 is 13.2 Å². The second-order valence-electron chi connectivity index (χ2n) is 4.26. The first-order valence-corrected chi connectivity index (χ1v) is 6.30.